The van der Waals surface area contributed by atoms with Crippen molar-refractivity contribution in [3.8, 4) is 17.2 Å². The number of benzene rings is 2. The van der Waals surface area contributed by atoms with E-state index >= 15 is 0 Å². The van der Waals surface area contributed by atoms with Crippen LogP contribution in [0, 0.1) is 6.92 Å². The number of fused-ring (bicyclic) bond motifs is 2. The quantitative estimate of drug-likeness (QED) is 0.358. The largest absolute Gasteiger partial charge is 0.507 e. The lowest BCUT2D eigenvalue weighted by Crippen LogP contribution is -2.60. The molecule has 0 bridgehead atoms. The number of aryl methyl sites for hydroxylation is 1. The van der Waals surface area contributed by atoms with Crippen LogP contribution < -0.4 is 9.47 Å². The third-order valence-corrected chi connectivity index (χ3v) is 5.69. The summed E-state index contributed by atoms with van der Waals surface area (Å²) < 4.78 is 16.5. The summed E-state index contributed by atoms with van der Waals surface area (Å²) >= 11 is 0. The average Bonchev–Trinajstić information content (AvgIpc) is 2.78. The van der Waals surface area contributed by atoms with Gasteiger partial charge >= 0.3 is 0 Å². The number of phenols is 1. The molecule has 1 heterocycles. The van der Waals surface area contributed by atoms with Crippen molar-refractivity contribution in [3.63, 3.8) is 0 Å². The standard InChI is InChI=1S/C22H22O10/c1-8-6-10-14(17(27)13-9(15(10)25)4-3-5-11(13)24)21(30-2)20(8)32-22-19(29)18(28)16(26)12(7-23)31-22/h3-6,12,16,18-19,22-24,26,28-29H,7H2,1-2H3/t12-,16-,18-,19+,22+/m1/s1. The number of aliphatic hydroxyl groups is 4. The van der Waals surface area contributed by atoms with Gasteiger partial charge in [0.15, 0.2) is 17.3 Å². The molecule has 2 aromatic rings. The number of rotatable bonds is 4. The number of aliphatic hydroxyl groups excluding tert-OH is 4. The van der Waals surface area contributed by atoms with Gasteiger partial charge in [0.2, 0.25) is 12.1 Å². The fraction of sp³-hybridized carbons (Fsp3) is 0.364. The van der Waals surface area contributed by atoms with E-state index in [1.54, 1.807) is 6.92 Å². The number of ether oxygens (including phenoxy) is 3. The van der Waals surface area contributed by atoms with Crippen LogP contribution in [0.15, 0.2) is 24.3 Å². The molecule has 170 valence electrons. The Balaban J connectivity index is 1.81. The topological polar surface area (TPSA) is 163 Å². The highest BCUT2D eigenvalue weighted by molar-refractivity contribution is 6.30. The lowest BCUT2D eigenvalue weighted by atomic mass is 9.82. The SMILES string of the molecule is COc1c(O[C@@H]2O[C@H](CO)[C@@H](O)[C@@H](O)[C@@H]2O)c(C)cc2c1C(=O)c1c(O)cccc1C2=O. The van der Waals surface area contributed by atoms with Crippen LogP contribution in [0.25, 0.3) is 0 Å². The first-order chi connectivity index (χ1) is 15.2. The molecule has 0 amide bonds. The number of carbonyl (C=O) groups is 2. The molecule has 1 aliphatic carbocycles. The Bertz CT molecular complexity index is 1090. The van der Waals surface area contributed by atoms with E-state index in [4.69, 9.17) is 14.2 Å². The Morgan fingerprint density at radius 3 is 2.34 bits per heavy atom. The lowest BCUT2D eigenvalue weighted by Gasteiger charge is -2.40. The van der Waals surface area contributed by atoms with Gasteiger partial charge in [-0.15, -0.1) is 0 Å². The van der Waals surface area contributed by atoms with Crippen molar-refractivity contribution in [1.82, 2.24) is 0 Å². The van der Waals surface area contributed by atoms with Gasteiger partial charge in [0.1, 0.15) is 30.2 Å². The Kier molecular flexibility index (Phi) is 5.65. The number of hydrogen-bond acceptors (Lipinski definition) is 10. The van der Waals surface area contributed by atoms with E-state index in [1.165, 1.54) is 31.4 Å². The predicted molar refractivity (Wildman–Crippen MR) is 107 cm³/mol. The van der Waals surface area contributed by atoms with Crippen LogP contribution in [0.3, 0.4) is 0 Å². The molecule has 1 aliphatic heterocycles. The minimum Gasteiger partial charge on any atom is -0.507 e. The number of carbonyl (C=O) groups excluding carboxylic acids is 2. The van der Waals surface area contributed by atoms with Gasteiger partial charge in [-0.2, -0.15) is 0 Å². The predicted octanol–water partition coefficient (Wildman–Crippen LogP) is -0.337. The number of phenolic OH excluding ortho intramolecular Hbond substituents is 1. The van der Waals surface area contributed by atoms with E-state index in [2.05, 4.69) is 0 Å². The van der Waals surface area contributed by atoms with Gasteiger partial charge < -0.3 is 39.7 Å². The molecule has 2 aromatic carbocycles. The zero-order chi connectivity index (χ0) is 23.3. The van der Waals surface area contributed by atoms with E-state index in [1.807, 2.05) is 0 Å². The summed E-state index contributed by atoms with van der Waals surface area (Å²) in [5.74, 6) is -1.65. The number of methoxy groups -OCH3 is 1. The maximum Gasteiger partial charge on any atom is 0.229 e. The second kappa shape index (κ2) is 8.15. The van der Waals surface area contributed by atoms with Crippen LogP contribution >= 0.6 is 0 Å². The van der Waals surface area contributed by atoms with Crippen LogP contribution in [0.4, 0.5) is 0 Å². The first-order valence-electron chi connectivity index (χ1n) is 9.81. The molecular weight excluding hydrogens is 424 g/mol. The molecule has 0 unspecified atom stereocenters. The zero-order valence-electron chi connectivity index (χ0n) is 17.2. The Hall–Kier alpha value is -3.02. The van der Waals surface area contributed by atoms with Crippen LogP contribution in [0.2, 0.25) is 0 Å². The van der Waals surface area contributed by atoms with Crippen molar-refractivity contribution < 1.29 is 49.3 Å². The molecule has 10 heteroatoms. The molecule has 0 saturated carbocycles. The van der Waals surface area contributed by atoms with E-state index < -0.39 is 48.9 Å². The fourth-order valence-corrected chi connectivity index (χ4v) is 4.03. The van der Waals surface area contributed by atoms with Crippen molar-refractivity contribution in [2.75, 3.05) is 13.7 Å². The third-order valence-electron chi connectivity index (χ3n) is 5.69. The molecule has 32 heavy (non-hydrogen) atoms. The minimum atomic E-state index is -1.69. The fourth-order valence-electron chi connectivity index (χ4n) is 4.03. The average molecular weight is 446 g/mol. The molecule has 2 aliphatic rings. The highest BCUT2D eigenvalue weighted by atomic mass is 16.7. The van der Waals surface area contributed by atoms with Crippen molar-refractivity contribution in [1.29, 1.82) is 0 Å². The molecule has 5 N–H and O–H groups in total. The van der Waals surface area contributed by atoms with E-state index in [0.717, 1.165) is 0 Å². The molecule has 1 saturated heterocycles. The van der Waals surface area contributed by atoms with E-state index in [0.29, 0.717) is 5.56 Å². The zero-order valence-corrected chi connectivity index (χ0v) is 17.2. The smallest absolute Gasteiger partial charge is 0.229 e. The van der Waals surface area contributed by atoms with E-state index in [9.17, 15) is 35.1 Å². The van der Waals surface area contributed by atoms with Crippen LogP contribution in [0.1, 0.15) is 37.4 Å². The minimum absolute atomic E-state index is 0.0457. The highest BCUT2D eigenvalue weighted by Gasteiger charge is 2.45. The van der Waals surface area contributed by atoms with Crippen molar-refractivity contribution >= 4 is 11.6 Å². The Labute approximate surface area is 182 Å². The van der Waals surface area contributed by atoms with Crippen molar-refractivity contribution in [3.05, 3.63) is 52.1 Å². The van der Waals surface area contributed by atoms with Gasteiger partial charge in [0.25, 0.3) is 0 Å². The molecule has 10 nitrogen and oxygen atoms in total. The summed E-state index contributed by atoms with van der Waals surface area (Å²) in [6.45, 7) is 0.937. The maximum absolute atomic E-state index is 13.2. The summed E-state index contributed by atoms with van der Waals surface area (Å²) in [7, 11) is 1.26. The van der Waals surface area contributed by atoms with Gasteiger partial charge in [-0.25, -0.2) is 0 Å². The molecular formula is C22H22O10. The Morgan fingerprint density at radius 2 is 1.69 bits per heavy atom. The summed E-state index contributed by atoms with van der Waals surface area (Å²) in [6.07, 6.45) is -7.64. The van der Waals surface area contributed by atoms with E-state index in [-0.39, 0.29) is 39.5 Å². The van der Waals surface area contributed by atoms with Crippen LogP contribution in [-0.2, 0) is 4.74 Å². The van der Waals surface area contributed by atoms with Crippen LogP contribution in [0.5, 0.6) is 17.2 Å². The molecule has 0 radical (unpaired) electrons. The van der Waals surface area contributed by atoms with Gasteiger partial charge in [-0.05, 0) is 24.6 Å². The number of aromatic hydroxyl groups is 1. The molecule has 0 aromatic heterocycles. The van der Waals surface area contributed by atoms with Gasteiger partial charge in [0.05, 0.1) is 24.8 Å². The van der Waals surface area contributed by atoms with Gasteiger partial charge in [0, 0.05) is 11.1 Å². The summed E-state index contributed by atoms with van der Waals surface area (Å²) in [6, 6.07) is 5.62. The maximum atomic E-state index is 13.2. The lowest BCUT2D eigenvalue weighted by molar-refractivity contribution is -0.277. The Morgan fingerprint density at radius 1 is 0.969 bits per heavy atom. The number of ketones is 2. The third kappa shape index (κ3) is 3.24. The monoisotopic (exact) mass is 446 g/mol. The molecule has 4 rings (SSSR count). The van der Waals surface area contributed by atoms with Crippen molar-refractivity contribution in [2.45, 2.75) is 37.6 Å². The van der Waals surface area contributed by atoms with Crippen LogP contribution in [-0.4, -0.2) is 81.5 Å². The summed E-state index contributed by atoms with van der Waals surface area (Å²) in [5.41, 5.74) is 0.195. The summed E-state index contributed by atoms with van der Waals surface area (Å²) in [4.78, 5) is 26.3. The second-order valence-electron chi connectivity index (χ2n) is 7.65. The van der Waals surface area contributed by atoms with Gasteiger partial charge in [-0.3, -0.25) is 9.59 Å². The van der Waals surface area contributed by atoms with Gasteiger partial charge in [-0.1, -0.05) is 12.1 Å². The molecule has 0 spiro atoms. The molecule has 5 atom stereocenters. The normalized spacial score (nSPS) is 27.0. The second-order valence-corrected chi connectivity index (χ2v) is 7.65. The summed E-state index contributed by atoms with van der Waals surface area (Å²) in [5, 5.41) is 49.9. The molecule has 1 fully saturated rings. The first-order valence-corrected chi connectivity index (χ1v) is 9.81. The highest BCUT2D eigenvalue weighted by Crippen LogP contribution is 2.44. The van der Waals surface area contributed by atoms with Crippen molar-refractivity contribution in [2.24, 2.45) is 0 Å². The first kappa shape index (κ1) is 22.2. The number of hydrogen-bond donors (Lipinski definition) is 5.